The molecule has 3 fully saturated rings. The number of alkyl halides is 3. The van der Waals surface area contributed by atoms with E-state index in [-0.39, 0.29) is 0 Å². The molecule has 0 bridgehead atoms. The maximum absolute atomic E-state index is 11.6. The van der Waals surface area contributed by atoms with Gasteiger partial charge in [0.15, 0.2) is 0 Å². The van der Waals surface area contributed by atoms with Gasteiger partial charge < -0.3 is 17.3 Å². The van der Waals surface area contributed by atoms with Gasteiger partial charge in [0.25, 0.3) is 10.1 Å². The maximum atomic E-state index is 11.6. The second-order valence-corrected chi connectivity index (χ2v) is 33.8. The van der Waals surface area contributed by atoms with Crippen LogP contribution < -0.4 is 0 Å². The van der Waals surface area contributed by atoms with Gasteiger partial charge in [0.1, 0.15) is 9.84 Å². The van der Waals surface area contributed by atoms with Gasteiger partial charge in [-0.1, -0.05) is 172 Å². The number of hydrogen-bond acceptors (Lipinski definition) is 10. The van der Waals surface area contributed by atoms with Crippen LogP contribution in [0.5, 0.6) is 0 Å². The van der Waals surface area contributed by atoms with Crippen molar-refractivity contribution < 1.29 is 70.6 Å². The van der Waals surface area contributed by atoms with Crippen molar-refractivity contribution in [2.75, 3.05) is 33.0 Å². The van der Waals surface area contributed by atoms with E-state index in [2.05, 4.69) is 77.2 Å². The molecule has 3 aliphatic rings. The van der Waals surface area contributed by atoms with Crippen LogP contribution in [0.2, 0.25) is 17.5 Å². The minimum atomic E-state index is -6.00. The Balaban J connectivity index is -0.0000000638. The van der Waals surface area contributed by atoms with Gasteiger partial charge in [0.2, 0.25) is 0 Å². The molecule has 0 N–H and O–H groups in total. The fourth-order valence-electron chi connectivity index (χ4n) is 4.54. The first-order valence-electron chi connectivity index (χ1n) is 25.2. The van der Waals surface area contributed by atoms with E-state index in [1.807, 2.05) is 69.2 Å². The second-order valence-electron chi connectivity index (χ2n) is 21.3. The summed E-state index contributed by atoms with van der Waals surface area (Å²) in [6.45, 7) is 47.3. The van der Waals surface area contributed by atoms with Crippen molar-refractivity contribution in [3.8, 4) is 0 Å². The summed E-state index contributed by atoms with van der Waals surface area (Å²) in [7, 11) is -9.56. The summed E-state index contributed by atoms with van der Waals surface area (Å²) in [5.74, 6) is 3.53. The first-order chi connectivity index (χ1) is 31.4. The van der Waals surface area contributed by atoms with Crippen molar-refractivity contribution in [2.45, 2.75) is 260 Å². The Hall–Kier alpha value is -0.366. The zero-order valence-electron chi connectivity index (χ0n) is 51.9. The molecule has 0 unspecified atom stereocenters. The standard InChI is InChI=1S/2C10H20.C7H14.C5H9F3.C2H6O3S.C2H6O3Se.C2H6O2S.C2H6O2Se.5C2H6.BF4/c2*1-9(2)5-7-10(3,4)8-6-9;1-7(2)5-3-4-6-7;1-4(2,3)5(6,7)8;2*1-5-6(2,3)4;2*1-5(2,3)4;5*1-2;2-1(3,4)5/h2*5-8H2,1-4H3;3-6H2,1-2H3;1-3H3;2*1-2H3;2*1-2H3;5*1-2H3;/q;;;;;;;;;;;;;-1. The first-order valence-corrected chi connectivity index (χ1v) is 37.9. The molecule has 0 heterocycles. The SMILES string of the molecule is CC.CC.CC.CC.CC.CC(C)(C)C(F)(F)F.CC1(C)CCC(C)(C)CC1.CC1(C)CCC(C)(C)CC1.CC1(C)CCCC1.COS(C)(=O)=O.CO[Se](C)(=O)=O.CS(C)(=O)=O.C[Se](C)(=O)=O.F[B-](F)(F)F. The van der Waals surface area contributed by atoms with Crippen LogP contribution in [0, 0.1) is 32.5 Å². The number of rotatable bonds is 2. The Morgan fingerprint density at radius 3 is 0.583 bits per heavy atom. The Labute approximate surface area is 446 Å². The molecule has 0 aliphatic heterocycles. The zero-order valence-corrected chi connectivity index (χ0v) is 57.0. The first kappa shape index (κ1) is 97.2. The minimum Gasteiger partial charge on any atom is -0.418 e. The van der Waals surface area contributed by atoms with Gasteiger partial charge in [-0.3, -0.25) is 4.18 Å². The van der Waals surface area contributed by atoms with Crippen molar-refractivity contribution >= 4 is 53.0 Å². The Kier molecular flexibility index (Phi) is 63.1. The van der Waals surface area contributed by atoms with Crippen LogP contribution in [0.3, 0.4) is 0 Å². The van der Waals surface area contributed by atoms with Gasteiger partial charge in [0.05, 0.1) is 18.8 Å². The van der Waals surface area contributed by atoms with Gasteiger partial charge in [-0.05, 0) is 91.3 Å². The summed E-state index contributed by atoms with van der Waals surface area (Å²) >= 11 is -7.03. The summed E-state index contributed by atoms with van der Waals surface area (Å²) in [6.07, 6.45) is 16.4. The Bertz CT molecular complexity index is 1450. The predicted octanol–water partition coefficient (Wildman–Crippen LogP) is 18.7. The molecule has 10 nitrogen and oxygen atoms in total. The molecule has 0 radical (unpaired) electrons. The molecule has 0 amide bonds. The molecule has 0 aromatic carbocycles. The molecular formula is C50H117BF7O10S2Se2-. The summed E-state index contributed by atoms with van der Waals surface area (Å²) in [6, 6.07) is 0. The molecular weight excluding hydrogens is 1130 g/mol. The van der Waals surface area contributed by atoms with Crippen molar-refractivity contribution in [2.24, 2.45) is 32.5 Å². The van der Waals surface area contributed by atoms with E-state index < -0.39 is 64.5 Å². The smallest absolute Gasteiger partial charge is 0.418 e. The van der Waals surface area contributed by atoms with Crippen LogP contribution >= 0.6 is 0 Å². The van der Waals surface area contributed by atoms with Crippen LogP contribution in [-0.2, 0) is 43.3 Å². The molecule has 3 rings (SSSR count). The minimum absolute atomic E-state index is 0.634. The van der Waals surface area contributed by atoms with Crippen LogP contribution in [0.15, 0.2) is 0 Å². The number of halogens is 7. The monoisotopic (exact) mass is 1250 g/mol. The molecule has 22 heteroatoms. The fourth-order valence-corrected chi connectivity index (χ4v) is 4.54. The molecule has 72 heavy (non-hydrogen) atoms. The molecule has 0 saturated heterocycles. The molecule has 3 aliphatic carbocycles. The van der Waals surface area contributed by atoms with Crippen LogP contribution in [0.4, 0.5) is 30.4 Å². The fraction of sp³-hybridized carbons (Fsp3) is 1.00. The summed E-state index contributed by atoms with van der Waals surface area (Å²) in [5, 5.41) is 0. The van der Waals surface area contributed by atoms with Gasteiger partial charge in [0, 0.05) is 12.5 Å². The Morgan fingerprint density at radius 2 is 0.542 bits per heavy atom. The van der Waals surface area contributed by atoms with Crippen LogP contribution in [0.25, 0.3) is 0 Å². The van der Waals surface area contributed by atoms with E-state index in [1.54, 1.807) is 0 Å². The topological polar surface area (TPSA) is 155 Å². The van der Waals surface area contributed by atoms with Crippen molar-refractivity contribution in [1.82, 2.24) is 0 Å². The van der Waals surface area contributed by atoms with E-state index in [1.165, 1.54) is 88.7 Å². The third-order valence-electron chi connectivity index (χ3n) is 9.33. The largest absolute Gasteiger partial charge is 0.673 e. The molecule has 0 spiro atoms. The van der Waals surface area contributed by atoms with Gasteiger partial charge in [-0.25, -0.2) is 8.42 Å². The van der Waals surface area contributed by atoms with E-state index in [9.17, 15) is 62.6 Å². The molecule has 3 saturated carbocycles. The maximum Gasteiger partial charge on any atom is 0.673 e. The predicted molar refractivity (Wildman–Crippen MR) is 298 cm³/mol. The number of sulfone groups is 1. The molecule has 0 aromatic rings. The summed E-state index contributed by atoms with van der Waals surface area (Å²) in [4.78, 5) is 0. The average Bonchev–Trinajstić information content (AvgIpc) is 3.60. The van der Waals surface area contributed by atoms with Crippen LogP contribution in [0.1, 0.15) is 236 Å². The van der Waals surface area contributed by atoms with Gasteiger partial charge in [-0.15, -0.1) is 0 Å². The molecule has 0 aromatic heterocycles. The second kappa shape index (κ2) is 46.7. The summed E-state index contributed by atoms with van der Waals surface area (Å²) in [5.41, 5.74) is 1.67. The third kappa shape index (κ3) is 123. The van der Waals surface area contributed by atoms with Crippen LogP contribution in [-0.4, -0.2) is 89.0 Å². The quantitative estimate of drug-likeness (QED) is 0.148. The van der Waals surface area contributed by atoms with Crippen molar-refractivity contribution in [1.29, 1.82) is 0 Å². The molecule has 0 atom stereocenters. The summed E-state index contributed by atoms with van der Waals surface area (Å²) < 4.78 is 160. The van der Waals surface area contributed by atoms with E-state index in [4.69, 9.17) is 0 Å². The number of hydrogen-bond donors (Lipinski definition) is 0. The van der Waals surface area contributed by atoms with E-state index >= 15 is 0 Å². The van der Waals surface area contributed by atoms with Crippen molar-refractivity contribution in [3.63, 3.8) is 0 Å². The van der Waals surface area contributed by atoms with Gasteiger partial charge in [-0.2, -0.15) is 21.6 Å². The van der Waals surface area contributed by atoms with Gasteiger partial charge >= 0.3 is 82.9 Å². The average molecular weight is 1240 g/mol. The van der Waals surface area contributed by atoms with Crippen molar-refractivity contribution in [3.05, 3.63) is 0 Å². The normalized spacial score (nSPS) is 17.5. The van der Waals surface area contributed by atoms with E-state index in [0.29, 0.717) is 27.1 Å². The van der Waals surface area contributed by atoms with E-state index in [0.717, 1.165) is 59.6 Å². The molecule has 454 valence electrons. The zero-order chi connectivity index (χ0) is 61.9. The Morgan fingerprint density at radius 1 is 0.444 bits per heavy atom. The third-order valence-corrected chi connectivity index (χ3v) is 11.2.